The molecule has 0 unspecified atom stereocenters. The van der Waals surface area contributed by atoms with Crippen LogP contribution in [0.2, 0.25) is 0 Å². The smallest absolute Gasteiger partial charge is 0.244 e. The number of nitrogens with zero attached hydrogens (tertiary/aromatic N) is 2. The van der Waals surface area contributed by atoms with Crippen LogP contribution < -0.4 is 11.1 Å². The van der Waals surface area contributed by atoms with Gasteiger partial charge < -0.3 is 25.5 Å². The lowest BCUT2D eigenvalue weighted by atomic mass is 9.74. The maximum atomic E-state index is 13.5. The lowest BCUT2D eigenvalue weighted by Crippen LogP contribution is -2.42. The summed E-state index contributed by atoms with van der Waals surface area (Å²) in [5, 5.41) is 12.0. The molecule has 3 aromatic carbocycles. The highest BCUT2D eigenvalue weighted by Crippen LogP contribution is 2.38. The van der Waals surface area contributed by atoms with Crippen LogP contribution in [0.1, 0.15) is 60.2 Å². The molecule has 40 heavy (non-hydrogen) atoms. The minimum Gasteiger partial charge on any atom is -0.394 e. The number of fused-ring (bicyclic) bond motifs is 1. The number of imidazole rings is 1. The Labute approximate surface area is 234 Å². The first kappa shape index (κ1) is 27.6. The number of amides is 2. The molecule has 1 heterocycles. The van der Waals surface area contributed by atoms with Gasteiger partial charge in [-0.1, -0.05) is 79.6 Å². The van der Waals surface area contributed by atoms with Gasteiger partial charge in [-0.05, 0) is 47.6 Å². The summed E-state index contributed by atoms with van der Waals surface area (Å²) in [7, 11) is 0. The van der Waals surface area contributed by atoms with Crippen LogP contribution in [-0.4, -0.2) is 39.7 Å². The van der Waals surface area contributed by atoms with E-state index < -0.39 is 11.9 Å². The Morgan fingerprint density at radius 1 is 1.00 bits per heavy atom. The van der Waals surface area contributed by atoms with Gasteiger partial charge in [0.1, 0.15) is 18.5 Å². The number of aliphatic hydroxyl groups is 1. The summed E-state index contributed by atoms with van der Waals surface area (Å²) in [6.07, 6.45) is 3.74. The van der Waals surface area contributed by atoms with Gasteiger partial charge in [-0.3, -0.25) is 9.59 Å². The van der Waals surface area contributed by atoms with Crippen molar-refractivity contribution in [1.82, 2.24) is 14.9 Å². The molecule has 208 valence electrons. The summed E-state index contributed by atoms with van der Waals surface area (Å²) >= 11 is 0. The van der Waals surface area contributed by atoms with E-state index in [4.69, 9.17) is 20.6 Å². The zero-order chi connectivity index (χ0) is 27.9. The van der Waals surface area contributed by atoms with Gasteiger partial charge in [0, 0.05) is 12.5 Å². The first-order valence-corrected chi connectivity index (χ1v) is 13.9. The maximum Gasteiger partial charge on any atom is 0.244 e. The minimum atomic E-state index is -0.848. The number of hydrogen-bond acceptors (Lipinski definition) is 5. The monoisotopic (exact) mass is 540 g/mol. The number of aromatic nitrogens is 2. The predicted octanol–water partition coefficient (Wildman–Crippen LogP) is 4.21. The standard InChI is InChI=1S/C32H36N4O4/c33-31(38)30(24-8-2-1-3-9-24)35-32(39)26-11-5-4-10-25(26)23-16-14-22(15-17-23)20-36-28-13-7-6-12-27(28)34-29(36)21-40-19-18-37/h1-3,6-9,12-17,25-26,30,37H,4-5,10-11,18-21H2,(H2,33,38)(H,35,39)/t25-,26+,30-/m0/s1. The number of nitrogens with two attached hydrogens (primary N) is 1. The molecule has 8 heteroatoms. The summed E-state index contributed by atoms with van der Waals surface area (Å²) in [6.45, 7) is 1.18. The van der Waals surface area contributed by atoms with Crippen LogP contribution in [0.5, 0.6) is 0 Å². The number of hydrogen-bond donors (Lipinski definition) is 3. The van der Waals surface area contributed by atoms with E-state index in [0.29, 0.717) is 18.7 Å². The molecular weight excluding hydrogens is 504 g/mol. The molecule has 4 N–H and O–H groups in total. The Bertz CT molecular complexity index is 1430. The normalized spacial score (nSPS) is 17.9. The third kappa shape index (κ3) is 6.24. The first-order valence-electron chi connectivity index (χ1n) is 13.9. The Morgan fingerprint density at radius 2 is 1.73 bits per heavy atom. The number of nitrogens with one attached hydrogen (secondary N) is 1. The molecule has 0 saturated heterocycles. The Kier molecular flexibility index (Phi) is 8.88. The van der Waals surface area contributed by atoms with Crippen LogP contribution in [0.4, 0.5) is 0 Å². The van der Waals surface area contributed by atoms with Crippen LogP contribution >= 0.6 is 0 Å². The fraction of sp³-hybridized carbons (Fsp3) is 0.344. The van der Waals surface area contributed by atoms with Crippen molar-refractivity contribution < 1.29 is 19.4 Å². The van der Waals surface area contributed by atoms with Crippen LogP contribution in [0.3, 0.4) is 0 Å². The van der Waals surface area contributed by atoms with E-state index in [1.54, 1.807) is 12.1 Å². The van der Waals surface area contributed by atoms with Gasteiger partial charge in [-0.25, -0.2) is 4.98 Å². The zero-order valence-corrected chi connectivity index (χ0v) is 22.5. The predicted molar refractivity (Wildman–Crippen MR) is 153 cm³/mol. The second-order valence-corrected chi connectivity index (χ2v) is 10.4. The van der Waals surface area contributed by atoms with Crippen LogP contribution in [0, 0.1) is 5.92 Å². The second-order valence-electron chi connectivity index (χ2n) is 10.4. The van der Waals surface area contributed by atoms with Crippen molar-refractivity contribution >= 4 is 22.8 Å². The fourth-order valence-corrected chi connectivity index (χ4v) is 5.75. The van der Waals surface area contributed by atoms with Gasteiger partial charge >= 0.3 is 0 Å². The highest BCUT2D eigenvalue weighted by atomic mass is 16.5. The molecule has 0 aliphatic heterocycles. The molecule has 5 rings (SSSR count). The molecule has 0 bridgehead atoms. The molecular formula is C32H36N4O4. The van der Waals surface area contributed by atoms with Crippen molar-refractivity contribution in [3.8, 4) is 0 Å². The Balaban J connectivity index is 1.33. The Morgan fingerprint density at radius 3 is 2.48 bits per heavy atom. The number of primary amides is 1. The van der Waals surface area contributed by atoms with E-state index in [9.17, 15) is 9.59 Å². The molecule has 1 aromatic heterocycles. The quantitative estimate of drug-likeness (QED) is 0.246. The molecule has 0 radical (unpaired) electrons. The van der Waals surface area contributed by atoms with E-state index in [1.165, 1.54) is 0 Å². The van der Waals surface area contributed by atoms with Gasteiger partial charge in [0.05, 0.1) is 24.2 Å². The molecule has 1 aliphatic carbocycles. The van der Waals surface area contributed by atoms with Crippen LogP contribution in [-0.2, 0) is 27.5 Å². The van der Waals surface area contributed by atoms with Gasteiger partial charge in [0.15, 0.2) is 0 Å². The molecule has 2 amide bonds. The molecule has 1 fully saturated rings. The van der Waals surface area contributed by atoms with E-state index >= 15 is 0 Å². The lowest BCUT2D eigenvalue weighted by molar-refractivity contribution is -0.131. The zero-order valence-electron chi connectivity index (χ0n) is 22.5. The van der Waals surface area contributed by atoms with Gasteiger partial charge in [-0.2, -0.15) is 0 Å². The molecule has 4 aromatic rings. The fourth-order valence-electron chi connectivity index (χ4n) is 5.75. The van der Waals surface area contributed by atoms with E-state index in [2.05, 4.69) is 34.1 Å². The third-order valence-corrected chi connectivity index (χ3v) is 7.76. The first-order chi connectivity index (χ1) is 19.5. The van der Waals surface area contributed by atoms with Crippen molar-refractivity contribution in [1.29, 1.82) is 0 Å². The number of benzene rings is 3. The third-order valence-electron chi connectivity index (χ3n) is 7.76. The number of para-hydroxylation sites is 2. The van der Waals surface area contributed by atoms with Gasteiger partial charge in [0.2, 0.25) is 11.8 Å². The molecule has 0 spiro atoms. The summed E-state index contributed by atoms with van der Waals surface area (Å²) in [4.78, 5) is 30.4. The summed E-state index contributed by atoms with van der Waals surface area (Å²) in [6, 6.07) is 24.8. The van der Waals surface area contributed by atoms with E-state index in [0.717, 1.165) is 53.7 Å². The van der Waals surface area contributed by atoms with Crippen LogP contribution in [0.25, 0.3) is 11.0 Å². The Hall–Kier alpha value is -4.01. The average Bonchev–Trinajstić information content (AvgIpc) is 3.33. The lowest BCUT2D eigenvalue weighted by Gasteiger charge is -2.32. The van der Waals surface area contributed by atoms with Crippen molar-refractivity contribution in [3.63, 3.8) is 0 Å². The van der Waals surface area contributed by atoms with Gasteiger partial charge in [-0.15, -0.1) is 0 Å². The summed E-state index contributed by atoms with van der Waals surface area (Å²) in [5.74, 6) is -0.0323. The van der Waals surface area contributed by atoms with Gasteiger partial charge in [0.25, 0.3) is 0 Å². The summed E-state index contributed by atoms with van der Waals surface area (Å²) < 4.78 is 7.72. The van der Waals surface area contributed by atoms with Crippen molar-refractivity contribution in [3.05, 3.63) is 101 Å². The van der Waals surface area contributed by atoms with Crippen molar-refractivity contribution in [2.45, 2.75) is 50.8 Å². The number of rotatable bonds is 11. The highest BCUT2D eigenvalue weighted by Gasteiger charge is 2.34. The molecule has 1 aliphatic rings. The number of aliphatic hydroxyl groups excluding tert-OH is 1. The van der Waals surface area contributed by atoms with E-state index in [1.807, 2.05) is 42.5 Å². The molecule has 1 saturated carbocycles. The van der Waals surface area contributed by atoms with Crippen molar-refractivity contribution in [2.24, 2.45) is 11.7 Å². The number of carbonyl (C=O) groups excluding carboxylic acids is 2. The molecule has 3 atom stereocenters. The van der Waals surface area contributed by atoms with E-state index in [-0.39, 0.29) is 31.0 Å². The number of ether oxygens (including phenoxy) is 1. The number of carbonyl (C=O) groups is 2. The summed E-state index contributed by atoms with van der Waals surface area (Å²) in [5.41, 5.74) is 10.5. The highest BCUT2D eigenvalue weighted by molar-refractivity contribution is 5.89. The average molecular weight is 541 g/mol. The van der Waals surface area contributed by atoms with Crippen LogP contribution in [0.15, 0.2) is 78.9 Å². The van der Waals surface area contributed by atoms with Crippen molar-refractivity contribution in [2.75, 3.05) is 13.2 Å². The maximum absolute atomic E-state index is 13.5. The SMILES string of the molecule is NC(=O)[C@@H](NC(=O)[C@@H]1CCCC[C@H]1c1ccc(Cn2c(COCCO)nc3ccccc32)cc1)c1ccccc1. The minimum absolute atomic E-state index is 0.0304. The largest absolute Gasteiger partial charge is 0.394 e. The topological polar surface area (TPSA) is 119 Å². The molecule has 8 nitrogen and oxygen atoms in total. The second kappa shape index (κ2) is 12.9.